The van der Waals surface area contributed by atoms with Gasteiger partial charge in [-0.15, -0.1) is 0 Å². The second kappa shape index (κ2) is 6.00. The fraction of sp³-hybridized carbons (Fsp3) is 0.714. The minimum Gasteiger partial charge on any atom is -0.367 e. The van der Waals surface area contributed by atoms with Gasteiger partial charge in [0.05, 0.1) is 0 Å². The summed E-state index contributed by atoms with van der Waals surface area (Å²) >= 11 is 3.46. The quantitative estimate of drug-likeness (QED) is 0.838. The highest BCUT2D eigenvalue weighted by atomic mass is 79.9. The predicted molar refractivity (Wildman–Crippen MR) is 81.0 cm³/mol. The van der Waals surface area contributed by atoms with Crippen molar-refractivity contribution < 1.29 is 0 Å². The van der Waals surface area contributed by atoms with E-state index >= 15 is 0 Å². The highest BCUT2D eigenvalue weighted by molar-refractivity contribution is 9.10. The van der Waals surface area contributed by atoms with Crippen LogP contribution in [0.1, 0.15) is 53.8 Å². The molecule has 1 heterocycles. The van der Waals surface area contributed by atoms with Gasteiger partial charge in [-0.25, -0.2) is 9.97 Å². The smallest absolute Gasteiger partial charge is 0.137 e. The van der Waals surface area contributed by atoms with Crippen LogP contribution in [0.5, 0.6) is 0 Å². The first-order valence-electron chi connectivity index (χ1n) is 6.50. The first kappa shape index (κ1) is 15.4. The summed E-state index contributed by atoms with van der Waals surface area (Å²) in [6.45, 7) is 13.0. The number of aromatic nitrogens is 2. The number of anilines is 1. The lowest BCUT2D eigenvalue weighted by atomic mass is 9.96. The maximum atomic E-state index is 4.60. The van der Waals surface area contributed by atoms with Crippen molar-refractivity contribution in [1.82, 2.24) is 9.97 Å². The SMILES string of the molecule is CC(C)CC(C)Nc1cc(Br)nc(C(C)(C)C)n1. The van der Waals surface area contributed by atoms with Gasteiger partial charge in [0.2, 0.25) is 0 Å². The summed E-state index contributed by atoms with van der Waals surface area (Å²) in [6, 6.07) is 2.35. The van der Waals surface area contributed by atoms with E-state index in [0.717, 1.165) is 22.7 Å². The van der Waals surface area contributed by atoms with Gasteiger partial charge in [-0.1, -0.05) is 34.6 Å². The van der Waals surface area contributed by atoms with E-state index in [1.165, 1.54) is 0 Å². The fourth-order valence-electron chi connectivity index (χ4n) is 1.85. The Balaban J connectivity index is 2.87. The molecule has 3 nitrogen and oxygen atoms in total. The van der Waals surface area contributed by atoms with Crippen molar-refractivity contribution in [3.8, 4) is 0 Å². The lowest BCUT2D eigenvalue weighted by Gasteiger charge is -2.20. The Hall–Kier alpha value is -0.640. The number of rotatable bonds is 4. The van der Waals surface area contributed by atoms with Crippen LogP contribution in [0.4, 0.5) is 5.82 Å². The molecule has 0 saturated carbocycles. The van der Waals surface area contributed by atoms with Crippen molar-refractivity contribution >= 4 is 21.7 Å². The van der Waals surface area contributed by atoms with Gasteiger partial charge in [0.25, 0.3) is 0 Å². The molecule has 1 aromatic heterocycles. The van der Waals surface area contributed by atoms with Gasteiger partial charge < -0.3 is 5.32 Å². The van der Waals surface area contributed by atoms with Crippen molar-refractivity contribution in [2.45, 2.75) is 59.4 Å². The molecule has 0 bridgehead atoms. The van der Waals surface area contributed by atoms with E-state index in [0.29, 0.717) is 12.0 Å². The third-order valence-corrected chi connectivity index (χ3v) is 2.99. The zero-order valence-corrected chi connectivity index (χ0v) is 13.8. The van der Waals surface area contributed by atoms with Crippen LogP contribution in [0.15, 0.2) is 10.7 Å². The number of halogens is 1. The molecule has 1 rings (SSSR count). The summed E-state index contributed by atoms with van der Waals surface area (Å²) in [5.74, 6) is 2.44. The third-order valence-electron chi connectivity index (χ3n) is 2.58. The third kappa shape index (κ3) is 4.92. The fourth-order valence-corrected chi connectivity index (χ4v) is 2.23. The topological polar surface area (TPSA) is 37.8 Å². The summed E-state index contributed by atoms with van der Waals surface area (Å²) < 4.78 is 0.835. The van der Waals surface area contributed by atoms with E-state index in [1.54, 1.807) is 0 Å². The first-order valence-corrected chi connectivity index (χ1v) is 7.29. The molecule has 0 radical (unpaired) electrons. The van der Waals surface area contributed by atoms with Crippen LogP contribution < -0.4 is 5.32 Å². The molecule has 18 heavy (non-hydrogen) atoms. The summed E-state index contributed by atoms with van der Waals surface area (Å²) in [5, 5.41) is 3.45. The largest absolute Gasteiger partial charge is 0.367 e. The van der Waals surface area contributed by atoms with Crippen LogP contribution in [-0.2, 0) is 5.41 Å². The van der Waals surface area contributed by atoms with Crippen LogP contribution in [0.25, 0.3) is 0 Å². The Labute approximate surface area is 119 Å². The molecule has 1 aromatic rings. The van der Waals surface area contributed by atoms with Crippen LogP contribution in [0, 0.1) is 5.92 Å². The number of hydrogen-bond donors (Lipinski definition) is 1. The average molecular weight is 314 g/mol. The van der Waals surface area contributed by atoms with E-state index in [1.807, 2.05) is 6.07 Å². The predicted octanol–water partition coefficient (Wildman–Crippen LogP) is 4.38. The van der Waals surface area contributed by atoms with Gasteiger partial charge in [-0.05, 0) is 35.2 Å². The Morgan fingerprint density at radius 2 is 1.83 bits per heavy atom. The highest BCUT2D eigenvalue weighted by Gasteiger charge is 2.19. The Kier molecular flexibility index (Phi) is 5.14. The molecular formula is C14H24BrN3. The Morgan fingerprint density at radius 1 is 1.22 bits per heavy atom. The number of nitrogens with zero attached hydrogens (tertiary/aromatic N) is 2. The number of hydrogen-bond acceptors (Lipinski definition) is 3. The zero-order valence-electron chi connectivity index (χ0n) is 12.2. The molecular weight excluding hydrogens is 290 g/mol. The Bertz CT molecular complexity index is 397. The maximum absolute atomic E-state index is 4.60. The van der Waals surface area contributed by atoms with Crippen molar-refractivity contribution in [1.29, 1.82) is 0 Å². The minimum absolute atomic E-state index is 0.0402. The number of nitrogens with one attached hydrogen (secondary N) is 1. The molecule has 102 valence electrons. The summed E-state index contributed by atoms with van der Waals surface area (Å²) in [7, 11) is 0. The van der Waals surface area contributed by atoms with Gasteiger partial charge >= 0.3 is 0 Å². The normalized spacial score (nSPS) is 13.8. The van der Waals surface area contributed by atoms with Gasteiger partial charge in [0, 0.05) is 17.5 Å². The highest BCUT2D eigenvalue weighted by Crippen LogP contribution is 2.23. The van der Waals surface area contributed by atoms with E-state index in [4.69, 9.17) is 0 Å². The maximum Gasteiger partial charge on any atom is 0.137 e. The molecule has 1 atom stereocenters. The molecule has 0 spiro atoms. The molecule has 0 aliphatic heterocycles. The second-order valence-electron chi connectivity index (χ2n) is 6.32. The van der Waals surface area contributed by atoms with Crippen molar-refractivity contribution in [3.05, 3.63) is 16.5 Å². The zero-order chi connectivity index (χ0) is 13.9. The lowest BCUT2D eigenvalue weighted by Crippen LogP contribution is -2.21. The van der Waals surface area contributed by atoms with E-state index in [2.05, 4.69) is 72.8 Å². The molecule has 0 amide bonds. The molecule has 0 aromatic carbocycles. The van der Waals surface area contributed by atoms with Crippen LogP contribution in [0.3, 0.4) is 0 Å². The molecule has 1 unspecified atom stereocenters. The summed E-state index contributed by atoms with van der Waals surface area (Å²) in [4.78, 5) is 9.04. The molecule has 1 N–H and O–H groups in total. The summed E-state index contributed by atoms with van der Waals surface area (Å²) in [6.07, 6.45) is 1.13. The average Bonchev–Trinajstić information content (AvgIpc) is 2.13. The lowest BCUT2D eigenvalue weighted by molar-refractivity contribution is 0.531. The van der Waals surface area contributed by atoms with E-state index in [9.17, 15) is 0 Å². The molecule has 0 fully saturated rings. The first-order chi connectivity index (χ1) is 8.18. The van der Waals surface area contributed by atoms with Gasteiger partial charge in [-0.2, -0.15) is 0 Å². The molecule has 4 heteroatoms. The Morgan fingerprint density at radius 3 is 2.33 bits per heavy atom. The van der Waals surface area contributed by atoms with Crippen molar-refractivity contribution in [3.63, 3.8) is 0 Å². The molecule has 0 aliphatic rings. The second-order valence-corrected chi connectivity index (χ2v) is 7.14. The van der Waals surface area contributed by atoms with Crippen LogP contribution in [0.2, 0.25) is 0 Å². The van der Waals surface area contributed by atoms with E-state index < -0.39 is 0 Å². The molecule has 0 aliphatic carbocycles. The van der Waals surface area contributed by atoms with Crippen molar-refractivity contribution in [2.24, 2.45) is 5.92 Å². The van der Waals surface area contributed by atoms with Crippen molar-refractivity contribution in [2.75, 3.05) is 5.32 Å². The van der Waals surface area contributed by atoms with Gasteiger partial charge in [-0.3, -0.25) is 0 Å². The monoisotopic (exact) mass is 313 g/mol. The van der Waals surface area contributed by atoms with Gasteiger partial charge in [0.1, 0.15) is 16.2 Å². The van der Waals surface area contributed by atoms with Crippen LogP contribution in [-0.4, -0.2) is 16.0 Å². The minimum atomic E-state index is -0.0402. The molecule has 0 saturated heterocycles. The standard InChI is InChI=1S/C14H24BrN3/c1-9(2)7-10(3)16-12-8-11(15)17-13(18-12)14(4,5)6/h8-10H,7H2,1-6H3,(H,16,17,18). The van der Waals surface area contributed by atoms with Crippen LogP contribution >= 0.6 is 15.9 Å². The van der Waals surface area contributed by atoms with E-state index in [-0.39, 0.29) is 5.41 Å². The summed E-state index contributed by atoms with van der Waals surface area (Å²) in [5.41, 5.74) is -0.0402. The van der Waals surface area contributed by atoms with Gasteiger partial charge in [0.15, 0.2) is 0 Å².